The molecule has 0 bridgehead atoms. The highest BCUT2D eigenvalue weighted by Crippen LogP contribution is 2.42. The number of ether oxygens (including phenoxy) is 2. The molecule has 172 valence electrons. The highest BCUT2D eigenvalue weighted by atomic mass is 16.7. The van der Waals surface area contributed by atoms with Gasteiger partial charge in [0, 0.05) is 28.0 Å². The van der Waals surface area contributed by atoms with Crippen LogP contribution < -0.4 is 20.4 Å². The highest BCUT2D eigenvalue weighted by Gasteiger charge is 2.24. The van der Waals surface area contributed by atoms with Gasteiger partial charge < -0.3 is 23.6 Å². The van der Waals surface area contributed by atoms with Crippen LogP contribution in [-0.4, -0.2) is 12.7 Å². The first-order valence-electron chi connectivity index (χ1n) is 11.5. The number of para-hydroxylation sites is 1. The lowest BCUT2D eigenvalue weighted by Gasteiger charge is -2.10. The Balaban J connectivity index is 1.40. The molecule has 0 unspecified atom stereocenters. The van der Waals surface area contributed by atoms with Gasteiger partial charge in [-0.15, -0.1) is 0 Å². The first-order chi connectivity index (χ1) is 17.1. The van der Waals surface area contributed by atoms with E-state index in [0.29, 0.717) is 45.2 Å². The molecule has 1 amide bonds. The van der Waals surface area contributed by atoms with Crippen molar-refractivity contribution in [3.05, 3.63) is 87.8 Å². The summed E-state index contributed by atoms with van der Waals surface area (Å²) in [6, 6.07) is 18.0. The van der Waals surface area contributed by atoms with E-state index < -0.39 is 5.63 Å². The molecule has 35 heavy (non-hydrogen) atoms. The molecule has 1 N–H and O–H groups in total. The largest absolute Gasteiger partial charge is 0.454 e. The van der Waals surface area contributed by atoms with Gasteiger partial charge in [-0.05, 0) is 72.9 Å². The van der Waals surface area contributed by atoms with E-state index in [1.807, 2.05) is 30.3 Å². The predicted octanol–water partition coefficient (Wildman–Crippen LogP) is 5.68. The Labute approximate surface area is 198 Å². The summed E-state index contributed by atoms with van der Waals surface area (Å²) >= 11 is 0. The van der Waals surface area contributed by atoms with E-state index in [2.05, 4.69) is 11.4 Å². The van der Waals surface area contributed by atoms with Crippen LogP contribution in [0.15, 0.2) is 74.3 Å². The molecule has 2 aromatic heterocycles. The quantitative estimate of drug-likeness (QED) is 0.345. The van der Waals surface area contributed by atoms with Crippen LogP contribution in [0.1, 0.15) is 27.9 Å². The molecule has 3 heterocycles. The second kappa shape index (κ2) is 7.50. The molecule has 0 fully saturated rings. The average molecular weight is 465 g/mol. The van der Waals surface area contributed by atoms with Gasteiger partial charge in [-0.3, -0.25) is 4.79 Å². The third-order valence-electron chi connectivity index (χ3n) is 6.67. The summed E-state index contributed by atoms with van der Waals surface area (Å²) in [6.07, 6.45) is 3.03. The number of aryl methyl sites for hydroxylation is 2. The molecule has 1 aliphatic carbocycles. The first kappa shape index (κ1) is 19.9. The summed E-state index contributed by atoms with van der Waals surface area (Å²) in [5.74, 6) is 1.21. The second-order valence-corrected chi connectivity index (χ2v) is 8.77. The van der Waals surface area contributed by atoms with Gasteiger partial charge in [0.1, 0.15) is 11.2 Å². The number of fused-ring (bicyclic) bond motifs is 4. The molecule has 0 radical (unpaired) electrons. The number of furan rings is 1. The van der Waals surface area contributed by atoms with Crippen molar-refractivity contribution in [3.8, 4) is 22.8 Å². The zero-order valence-corrected chi connectivity index (χ0v) is 18.6. The molecular weight excluding hydrogens is 446 g/mol. The fourth-order valence-corrected chi connectivity index (χ4v) is 5.00. The average Bonchev–Trinajstić information content (AvgIpc) is 3.60. The molecule has 0 spiro atoms. The van der Waals surface area contributed by atoms with E-state index in [9.17, 15) is 9.59 Å². The Hall–Kier alpha value is -4.52. The lowest BCUT2D eigenvalue weighted by atomic mass is 10.0. The first-order valence-corrected chi connectivity index (χ1v) is 11.5. The number of hydrogen-bond donors (Lipinski definition) is 1. The van der Waals surface area contributed by atoms with Crippen molar-refractivity contribution < 1.29 is 23.1 Å². The molecule has 0 saturated heterocycles. The minimum absolute atomic E-state index is 0.129. The Kier molecular flexibility index (Phi) is 4.26. The predicted molar refractivity (Wildman–Crippen MR) is 130 cm³/mol. The second-order valence-electron chi connectivity index (χ2n) is 8.77. The molecule has 7 heteroatoms. The Morgan fingerprint density at radius 2 is 1.63 bits per heavy atom. The van der Waals surface area contributed by atoms with Crippen molar-refractivity contribution >= 4 is 33.5 Å². The van der Waals surface area contributed by atoms with E-state index in [4.69, 9.17) is 18.3 Å². The fourth-order valence-electron chi connectivity index (χ4n) is 5.00. The lowest BCUT2D eigenvalue weighted by Crippen LogP contribution is -2.12. The molecule has 7 nitrogen and oxygen atoms in total. The summed E-state index contributed by atoms with van der Waals surface area (Å²) < 4.78 is 22.6. The molecule has 1 aliphatic heterocycles. The summed E-state index contributed by atoms with van der Waals surface area (Å²) in [6.45, 7) is 0.129. The zero-order valence-electron chi connectivity index (χ0n) is 18.6. The van der Waals surface area contributed by atoms with Gasteiger partial charge in [0.05, 0.1) is 5.69 Å². The number of amides is 1. The van der Waals surface area contributed by atoms with E-state index in [1.54, 1.807) is 18.2 Å². The smallest absolute Gasteiger partial charge is 0.336 e. The van der Waals surface area contributed by atoms with E-state index >= 15 is 0 Å². The third-order valence-corrected chi connectivity index (χ3v) is 6.67. The monoisotopic (exact) mass is 465 g/mol. The van der Waals surface area contributed by atoms with Crippen LogP contribution in [0.2, 0.25) is 0 Å². The highest BCUT2D eigenvalue weighted by molar-refractivity contribution is 6.13. The molecule has 5 aromatic rings. The number of anilines is 1. The fraction of sp³-hybridized carbons (Fsp3) is 0.143. The van der Waals surface area contributed by atoms with Gasteiger partial charge in [0.2, 0.25) is 6.79 Å². The minimum atomic E-state index is -0.473. The Morgan fingerprint density at radius 3 is 2.54 bits per heavy atom. The number of carbonyl (C=O) groups excluding carboxylic acids is 1. The van der Waals surface area contributed by atoms with Crippen LogP contribution >= 0.6 is 0 Å². The maximum absolute atomic E-state index is 13.3. The number of benzene rings is 3. The number of nitrogens with one attached hydrogen (secondary N) is 1. The Morgan fingerprint density at radius 1 is 0.800 bits per heavy atom. The van der Waals surface area contributed by atoms with Gasteiger partial charge in [-0.2, -0.15) is 0 Å². The minimum Gasteiger partial charge on any atom is -0.454 e. The maximum atomic E-state index is 13.3. The summed E-state index contributed by atoms with van der Waals surface area (Å²) in [7, 11) is 0. The van der Waals surface area contributed by atoms with Crippen molar-refractivity contribution in [3.63, 3.8) is 0 Å². The van der Waals surface area contributed by atoms with Crippen LogP contribution in [0.25, 0.3) is 33.3 Å². The number of hydrogen-bond acceptors (Lipinski definition) is 6. The van der Waals surface area contributed by atoms with Crippen LogP contribution in [0, 0.1) is 0 Å². The molecular formula is C28H19NO6. The number of rotatable bonds is 3. The van der Waals surface area contributed by atoms with Crippen molar-refractivity contribution in [1.29, 1.82) is 0 Å². The standard InChI is InChI=1S/C28H19NO6/c30-25-13-20(19-10-15-4-3-5-16(15)11-23(19)34-25)27-26(18-6-1-2-7-21(18)35-27)29-28(31)17-8-9-22-24(12-17)33-14-32-22/h1-2,6-13H,3-5,14H2,(H,29,31). The van der Waals surface area contributed by atoms with Crippen molar-refractivity contribution in [2.75, 3.05) is 12.1 Å². The lowest BCUT2D eigenvalue weighted by molar-refractivity contribution is 0.102. The van der Waals surface area contributed by atoms with Crippen LogP contribution in [-0.2, 0) is 12.8 Å². The van der Waals surface area contributed by atoms with Gasteiger partial charge in [-0.1, -0.05) is 12.1 Å². The summed E-state index contributed by atoms with van der Waals surface area (Å²) in [5, 5.41) is 4.53. The van der Waals surface area contributed by atoms with Crippen molar-refractivity contribution in [2.45, 2.75) is 19.3 Å². The molecule has 0 atom stereocenters. The van der Waals surface area contributed by atoms with Crippen LogP contribution in [0.5, 0.6) is 11.5 Å². The van der Waals surface area contributed by atoms with E-state index in [1.165, 1.54) is 17.2 Å². The van der Waals surface area contributed by atoms with Crippen LogP contribution in [0.4, 0.5) is 5.69 Å². The van der Waals surface area contributed by atoms with E-state index in [0.717, 1.165) is 30.0 Å². The van der Waals surface area contributed by atoms with Gasteiger partial charge >= 0.3 is 5.63 Å². The van der Waals surface area contributed by atoms with Gasteiger partial charge in [0.25, 0.3) is 5.91 Å². The Bertz CT molecular complexity index is 1730. The van der Waals surface area contributed by atoms with Gasteiger partial charge in [-0.25, -0.2) is 4.79 Å². The van der Waals surface area contributed by atoms with Gasteiger partial charge in [0.15, 0.2) is 17.3 Å². The molecule has 0 saturated carbocycles. The van der Waals surface area contributed by atoms with E-state index in [-0.39, 0.29) is 12.7 Å². The van der Waals surface area contributed by atoms with Crippen molar-refractivity contribution in [1.82, 2.24) is 0 Å². The molecule has 3 aromatic carbocycles. The zero-order chi connectivity index (χ0) is 23.5. The molecule has 7 rings (SSSR count). The number of carbonyl (C=O) groups is 1. The molecule has 2 aliphatic rings. The summed E-state index contributed by atoms with van der Waals surface area (Å²) in [4.78, 5) is 25.8. The SMILES string of the molecule is O=C(Nc1c(-c2cc(=O)oc3cc4c(cc23)CCC4)oc2ccccc12)c1ccc2c(c1)OCO2. The summed E-state index contributed by atoms with van der Waals surface area (Å²) in [5.41, 5.74) is 4.60. The topological polar surface area (TPSA) is 90.9 Å². The van der Waals surface area contributed by atoms with Crippen molar-refractivity contribution in [2.24, 2.45) is 0 Å². The normalized spacial score (nSPS) is 13.9. The third kappa shape index (κ3) is 3.19. The maximum Gasteiger partial charge on any atom is 0.336 e. The van der Waals surface area contributed by atoms with Crippen LogP contribution in [0.3, 0.4) is 0 Å².